The summed E-state index contributed by atoms with van der Waals surface area (Å²) in [4.78, 5) is 16.8. The summed E-state index contributed by atoms with van der Waals surface area (Å²) in [5.74, 6) is -2.33. The molecule has 0 bridgehead atoms. The van der Waals surface area contributed by atoms with Crippen molar-refractivity contribution in [2.24, 2.45) is 7.05 Å². The summed E-state index contributed by atoms with van der Waals surface area (Å²) in [6, 6.07) is 4.55. The normalized spacial score (nSPS) is 20.5. The van der Waals surface area contributed by atoms with Crippen LogP contribution in [0.1, 0.15) is 33.0 Å². The second-order valence-corrected chi connectivity index (χ2v) is 7.43. The number of carbonyl (C=O) groups is 1. The highest BCUT2D eigenvalue weighted by Crippen LogP contribution is 2.28. The Labute approximate surface area is 139 Å². The summed E-state index contributed by atoms with van der Waals surface area (Å²) in [7, 11) is 1.96. The summed E-state index contributed by atoms with van der Waals surface area (Å²) in [6.07, 6.45) is -0.473. The van der Waals surface area contributed by atoms with Crippen LogP contribution in [0.4, 0.5) is 14.5 Å². The number of alkyl halides is 2. The maximum atomic E-state index is 13.2. The van der Waals surface area contributed by atoms with Crippen LogP contribution in [0, 0.1) is 0 Å². The van der Waals surface area contributed by atoms with Crippen LogP contribution < -0.4 is 10.6 Å². The van der Waals surface area contributed by atoms with E-state index in [0.717, 1.165) is 16.9 Å². The first kappa shape index (κ1) is 16.8. The van der Waals surface area contributed by atoms with Crippen molar-refractivity contribution in [2.45, 2.75) is 44.6 Å². The number of halogens is 2. The molecule has 0 saturated carbocycles. The molecule has 1 fully saturated rings. The predicted molar refractivity (Wildman–Crippen MR) is 89.4 cm³/mol. The van der Waals surface area contributed by atoms with Gasteiger partial charge in [-0.25, -0.2) is 13.8 Å². The largest absolute Gasteiger partial charge is 0.331 e. The van der Waals surface area contributed by atoms with E-state index in [1.54, 1.807) is 12.1 Å². The average Bonchev–Trinajstić information content (AvgIpc) is 2.99. The number of hydrogen-bond donors (Lipinski definition) is 2. The smallest absolute Gasteiger partial charge is 0.262 e. The molecule has 2 aromatic rings. The van der Waals surface area contributed by atoms with Gasteiger partial charge in [0.05, 0.1) is 23.6 Å². The minimum Gasteiger partial charge on any atom is -0.331 e. The summed E-state index contributed by atoms with van der Waals surface area (Å²) < 4.78 is 28.4. The molecule has 0 aliphatic carbocycles. The maximum Gasteiger partial charge on any atom is 0.262 e. The van der Waals surface area contributed by atoms with Gasteiger partial charge in [-0.1, -0.05) is 20.8 Å². The first-order chi connectivity index (χ1) is 11.1. The Morgan fingerprint density at radius 2 is 2.12 bits per heavy atom. The van der Waals surface area contributed by atoms with E-state index < -0.39 is 30.8 Å². The number of aromatic nitrogens is 2. The van der Waals surface area contributed by atoms with Crippen molar-refractivity contribution >= 4 is 22.6 Å². The van der Waals surface area contributed by atoms with Gasteiger partial charge in [0.1, 0.15) is 5.82 Å². The Hall–Kier alpha value is -2.02. The highest BCUT2D eigenvalue weighted by molar-refractivity contribution is 5.96. The first-order valence-corrected chi connectivity index (χ1v) is 7.96. The molecule has 1 atom stereocenters. The summed E-state index contributed by atoms with van der Waals surface area (Å²) in [5, 5.41) is 5.25. The molecule has 24 heavy (non-hydrogen) atoms. The molecule has 2 heterocycles. The van der Waals surface area contributed by atoms with Crippen LogP contribution in [-0.4, -0.2) is 34.0 Å². The fourth-order valence-corrected chi connectivity index (χ4v) is 3.08. The van der Waals surface area contributed by atoms with Crippen molar-refractivity contribution in [1.82, 2.24) is 14.9 Å². The Kier molecular flexibility index (Phi) is 3.86. The molecule has 1 aromatic heterocycles. The third-order valence-electron chi connectivity index (χ3n) is 4.25. The van der Waals surface area contributed by atoms with Gasteiger partial charge in [0, 0.05) is 24.6 Å². The van der Waals surface area contributed by atoms with Gasteiger partial charge >= 0.3 is 0 Å². The summed E-state index contributed by atoms with van der Waals surface area (Å²) in [5.41, 5.74) is 2.19. The van der Waals surface area contributed by atoms with Crippen LogP contribution in [0.15, 0.2) is 18.2 Å². The number of hydrogen-bond acceptors (Lipinski definition) is 3. The van der Waals surface area contributed by atoms with Crippen LogP contribution >= 0.6 is 0 Å². The first-order valence-electron chi connectivity index (χ1n) is 7.96. The molecule has 130 valence electrons. The third-order valence-corrected chi connectivity index (χ3v) is 4.25. The molecule has 1 unspecified atom stereocenters. The van der Waals surface area contributed by atoms with Crippen molar-refractivity contribution in [3.8, 4) is 0 Å². The summed E-state index contributed by atoms with van der Waals surface area (Å²) >= 11 is 0. The fourth-order valence-electron chi connectivity index (χ4n) is 3.08. The topological polar surface area (TPSA) is 59.0 Å². The van der Waals surface area contributed by atoms with E-state index in [1.165, 1.54) is 0 Å². The lowest BCUT2D eigenvalue weighted by Gasteiger charge is -2.17. The molecule has 1 saturated heterocycles. The second kappa shape index (κ2) is 5.51. The lowest BCUT2D eigenvalue weighted by atomic mass is 9.96. The fraction of sp³-hybridized carbons (Fsp3) is 0.529. The molecule has 3 rings (SSSR count). The number of rotatable bonds is 2. The van der Waals surface area contributed by atoms with Gasteiger partial charge < -0.3 is 9.88 Å². The van der Waals surface area contributed by atoms with Gasteiger partial charge in [-0.15, -0.1) is 0 Å². The molecule has 0 radical (unpaired) electrons. The summed E-state index contributed by atoms with van der Waals surface area (Å²) in [6.45, 7) is 5.80. The third kappa shape index (κ3) is 3.13. The van der Waals surface area contributed by atoms with Gasteiger partial charge in [0.15, 0.2) is 0 Å². The zero-order valence-corrected chi connectivity index (χ0v) is 14.3. The number of carbonyl (C=O) groups excluding carboxylic acids is 1. The van der Waals surface area contributed by atoms with Gasteiger partial charge in [-0.2, -0.15) is 0 Å². The molecule has 1 aliphatic rings. The second-order valence-electron chi connectivity index (χ2n) is 7.43. The van der Waals surface area contributed by atoms with Crippen LogP contribution in [0.3, 0.4) is 0 Å². The monoisotopic (exact) mass is 336 g/mol. The molecule has 1 amide bonds. The van der Waals surface area contributed by atoms with Crippen LogP contribution in [0.2, 0.25) is 0 Å². The van der Waals surface area contributed by atoms with E-state index in [4.69, 9.17) is 0 Å². The van der Waals surface area contributed by atoms with E-state index in [0.29, 0.717) is 5.69 Å². The zero-order chi connectivity index (χ0) is 17.7. The molecule has 1 aliphatic heterocycles. The Morgan fingerprint density at radius 1 is 1.42 bits per heavy atom. The lowest BCUT2D eigenvalue weighted by Crippen LogP contribution is -2.35. The highest BCUT2D eigenvalue weighted by Gasteiger charge is 2.42. The molecule has 0 spiro atoms. The van der Waals surface area contributed by atoms with E-state index in [2.05, 4.69) is 36.4 Å². The van der Waals surface area contributed by atoms with Crippen LogP contribution in [0.25, 0.3) is 11.0 Å². The quantitative estimate of drug-likeness (QED) is 0.887. The molecular formula is C17H22F2N4O. The van der Waals surface area contributed by atoms with Crippen molar-refractivity contribution < 1.29 is 13.6 Å². The number of imidazole rings is 1. The molecule has 2 N–H and O–H groups in total. The predicted octanol–water partition coefficient (Wildman–Crippen LogP) is 2.81. The molecule has 7 heteroatoms. The zero-order valence-electron chi connectivity index (χ0n) is 14.3. The number of anilines is 1. The van der Waals surface area contributed by atoms with Gasteiger partial charge in [0.25, 0.3) is 5.92 Å². The van der Waals surface area contributed by atoms with E-state index in [9.17, 15) is 13.6 Å². The average molecular weight is 336 g/mol. The van der Waals surface area contributed by atoms with Crippen molar-refractivity contribution in [3.05, 3.63) is 24.0 Å². The minimum atomic E-state index is -2.82. The van der Waals surface area contributed by atoms with Gasteiger partial charge in [-0.3, -0.25) is 10.1 Å². The molecular weight excluding hydrogens is 314 g/mol. The van der Waals surface area contributed by atoms with Gasteiger partial charge in [0.2, 0.25) is 5.91 Å². The van der Waals surface area contributed by atoms with Crippen molar-refractivity contribution in [2.75, 3.05) is 11.9 Å². The van der Waals surface area contributed by atoms with E-state index in [-0.39, 0.29) is 5.41 Å². The maximum absolute atomic E-state index is 13.2. The van der Waals surface area contributed by atoms with Crippen LogP contribution in [-0.2, 0) is 17.3 Å². The Balaban J connectivity index is 1.83. The number of nitrogens with one attached hydrogen (secondary N) is 2. The number of amides is 1. The molecule has 5 nitrogen and oxygen atoms in total. The molecule has 1 aromatic carbocycles. The Bertz CT molecular complexity index is 792. The van der Waals surface area contributed by atoms with Crippen molar-refractivity contribution in [1.29, 1.82) is 0 Å². The Morgan fingerprint density at radius 3 is 2.71 bits per heavy atom. The minimum absolute atomic E-state index is 0.101. The standard InChI is InChI=1S/C17H22F2N4O/c1-16(2,3)15-22-11-7-10(5-6-13(11)23(15)4)21-14(24)12-8-17(18,19)9-20-12/h5-7,12,20H,8-9H2,1-4H3,(H,21,24). The van der Waals surface area contributed by atoms with Crippen molar-refractivity contribution in [3.63, 3.8) is 0 Å². The van der Waals surface area contributed by atoms with Gasteiger partial charge in [-0.05, 0) is 18.2 Å². The number of fused-ring (bicyclic) bond motifs is 1. The number of benzene rings is 1. The van der Waals surface area contributed by atoms with E-state index >= 15 is 0 Å². The SMILES string of the molecule is Cn1c(C(C)(C)C)nc2cc(NC(=O)C3CC(F)(F)CN3)ccc21. The lowest BCUT2D eigenvalue weighted by molar-refractivity contribution is -0.118. The highest BCUT2D eigenvalue weighted by atomic mass is 19.3. The number of nitrogens with zero attached hydrogens (tertiary/aromatic N) is 2. The van der Waals surface area contributed by atoms with E-state index in [1.807, 2.05) is 17.7 Å². The van der Waals surface area contributed by atoms with Crippen LogP contribution in [0.5, 0.6) is 0 Å². The number of aryl methyl sites for hydroxylation is 1.